The summed E-state index contributed by atoms with van der Waals surface area (Å²) in [4.78, 5) is 35.3. The van der Waals surface area contributed by atoms with Gasteiger partial charge in [-0.15, -0.1) is 11.3 Å². The maximum absolute atomic E-state index is 12.4. The number of rotatable bonds is 3. The van der Waals surface area contributed by atoms with Crippen molar-refractivity contribution in [3.05, 3.63) is 26.6 Å². The lowest BCUT2D eigenvalue weighted by molar-refractivity contribution is 0.244. The lowest BCUT2D eigenvalue weighted by Gasteiger charge is -2.15. The molecular weight excluding hydrogens is 314 g/mol. The smallest absolute Gasteiger partial charge is 0.312 e. The number of aryl methyl sites for hydroxylation is 2. The third-order valence-corrected chi connectivity index (χ3v) is 5.80. The minimum Gasteiger partial charge on any atom is -0.352 e. The van der Waals surface area contributed by atoms with Gasteiger partial charge in [0.2, 0.25) is 0 Å². The first kappa shape index (κ1) is 14.6. The van der Waals surface area contributed by atoms with Gasteiger partial charge < -0.3 is 16.0 Å². The Bertz CT molecular complexity index is 827. The van der Waals surface area contributed by atoms with Crippen LogP contribution in [0.3, 0.4) is 0 Å². The van der Waals surface area contributed by atoms with Gasteiger partial charge in [0.15, 0.2) is 0 Å². The molecule has 122 valence electrons. The Morgan fingerprint density at radius 3 is 3.17 bits per heavy atom. The Labute approximate surface area is 136 Å². The first-order chi connectivity index (χ1) is 11.1. The number of nitrogens with two attached hydrogens (primary N) is 1. The van der Waals surface area contributed by atoms with Crippen molar-refractivity contribution < 1.29 is 4.79 Å². The standard InChI is InChI=1S/C15H19N5O2S/c16-15(22)17-8-4-5-20(6-8)7-11-18-13(21)12-9-2-1-3-10(9)23-14(12)19-11/h8H,1-7H2,(H3,16,17,22)(H,18,19,21)/t8-/m1/s1. The zero-order valence-electron chi connectivity index (χ0n) is 12.7. The summed E-state index contributed by atoms with van der Waals surface area (Å²) in [7, 11) is 0. The summed E-state index contributed by atoms with van der Waals surface area (Å²) >= 11 is 1.66. The monoisotopic (exact) mass is 333 g/mol. The molecule has 23 heavy (non-hydrogen) atoms. The van der Waals surface area contributed by atoms with E-state index in [1.165, 1.54) is 10.4 Å². The number of hydrogen-bond acceptors (Lipinski definition) is 5. The molecule has 1 saturated heterocycles. The number of urea groups is 1. The lowest BCUT2D eigenvalue weighted by atomic mass is 10.2. The molecule has 0 saturated carbocycles. The van der Waals surface area contributed by atoms with Crippen molar-refractivity contribution in [2.75, 3.05) is 13.1 Å². The fourth-order valence-electron chi connectivity index (χ4n) is 3.63. The summed E-state index contributed by atoms with van der Waals surface area (Å²) in [5.74, 6) is 0.696. The number of thiophene rings is 1. The normalized spacial score (nSPS) is 21.0. The molecule has 0 unspecified atom stereocenters. The van der Waals surface area contributed by atoms with Crippen molar-refractivity contribution in [1.82, 2.24) is 20.2 Å². The molecule has 2 aromatic heterocycles. The molecule has 0 radical (unpaired) electrons. The van der Waals surface area contributed by atoms with Crippen LogP contribution in [-0.4, -0.2) is 40.0 Å². The van der Waals surface area contributed by atoms with Crippen molar-refractivity contribution in [3.63, 3.8) is 0 Å². The first-order valence-corrected chi connectivity index (χ1v) is 8.73. The van der Waals surface area contributed by atoms with E-state index in [1.54, 1.807) is 11.3 Å². The largest absolute Gasteiger partial charge is 0.352 e. The first-order valence-electron chi connectivity index (χ1n) is 7.92. The van der Waals surface area contributed by atoms with Crippen LogP contribution in [-0.2, 0) is 19.4 Å². The summed E-state index contributed by atoms with van der Waals surface area (Å²) < 4.78 is 0. The van der Waals surface area contributed by atoms with E-state index < -0.39 is 6.03 Å². The van der Waals surface area contributed by atoms with E-state index in [-0.39, 0.29) is 11.6 Å². The highest BCUT2D eigenvalue weighted by molar-refractivity contribution is 7.18. The number of primary amides is 1. The molecule has 1 fully saturated rings. The Morgan fingerprint density at radius 2 is 2.35 bits per heavy atom. The summed E-state index contributed by atoms with van der Waals surface area (Å²) in [6.45, 7) is 2.17. The minimum atomic E-state index is -0.488. The summed E-state index contributed by atoms with van der Waals surface area (Å²) in [6.07, 6.45) is 4.06. The van der Waals surface area contributed by atoms with Crippen LogP contribution in [0.25, 0.3) is 10.2 Å². The summed E-state index contributed by atoms with van der Waals surface area (Å²) in [6, 6.07) is -0.411. The Hall–Kier alpha value is -1.93. The fourth-order valence-corrected chi connectivity index (χ4v) is 4.91. The predicted octanol–water partition coefficient (Wildman–Crippen LogP) is 0.716. The van der Waals surface area contributed by atoms with Gasteiger partial charge in [-0.1, -0.05) is 0 Å². The van der Waals surface area contributed by atoms with Gasteiger partial charge in [-0.25, -0.2) is 9.78 Å². The van der Waals surface area contributed by atoms with Gasteiger partial charge in [-0.3, -0.25) is 9.69 Å². The van der Waals surface area contributed by atoms with Crippen LogP contribution in [0.15, 0.2) is 4.79 Å². The van der Waals surface area contributed by atoms with Gasteiger partial charge in [0.1, 0.15) is 10.7 Å². The van der Waals surface area contributed by atoms with Crippen LogP contribution in [0.2, 0.25) is 0 Å². The van der Waals surface area contributed by atoms with E-state index in [2.05, 4.69) is 20.2 Å². The van der Waals surface area contributed by atoms with Gasteiger partial charge in [0.25, 0.3) is 5.56 Å². The van der Waals surface area contributed by atoms with E-state index in [1.807, 2.05) is 0 Å². The third-order valence-electron chi connectivity index (χ3n) is 4.62. The van der Waals surface area contributed by atoms with Gasteiger partial charge in [0.05, 0.1) is 11.9 Å². The highest BCUT2D eigenvalue weighted by Crippen LogP contribution is 2.34. The van der Waals surface area contributed by atoms with Crippen LogP contribution in [0.4, 0.5) is 4.79 Å². The van der Waals surface area contributed by atoms with Gasteiger partial charge >= 0.3 is 6.03 Å². The number of carbonyl (C=O) groups is 1. The molecule has 1 aliphatic carbocycles. The average molecular weight is 333 g/mol. The molecule has 0 spiro atoms. The van der Waals surface area contributed by atoms with Crippen molar-refractivity contribution in [3.8, 4) is 0 Å². The van der Waals surface area contributed by atoms with E-state index in [0.29, 0.717) is 12.4 Å². The van der Waals surface area contributed by atoms with Crippen LogP contribution in [0.1, 0.15) is 29.1 Å². The zero-order valence-corrected chi connectivity index (χ0v) is 13.5. The molecule has 7 nitrogen and oxygen atoms in total. The Morgan fingerprint density at radius 1 is 1.48 bits per heavy atom. The molecule has 2 aliphatic rings. The summed E-state index contributed by atoms with van der Waals surface area (Å²) in [5, 5.41) is 3.52. The molecule has 8 heteroatoms. The number of hydrogen-bond donors (Lipinski definition) is 3. The Balaban J connectivity index is 1.54. The van der Waals surface area contributed by atoms with E-state index >= 15 is 0 Å². The molecular formula is C15H19N5O2S. The topological polar surface area (TPSA) is 104 Å². The van der Waals surface area contributed by atoms with Gasteiger partial charge in [0, 0.05) is 24.0 Å². The molecule has 3 heterocycles. The second-order valence-electron chi connectivity index (χ2n) is 6.28. The molecule has 2 aromatic rings. The van der Waals surface area contributed by atoms with Crippen molar-refractivity contribution in [2.45, 2.75) is 38.3 Å². The molecule has 1 aliphatic heterocycles. The minimum absolute atomic E-state index is 0.0181. The summed E-state index contributed by atoms with van der Waals surface area (Å²) in [5.41, 5.74) is 6.35. The molecule has 0 aromatic carbocycles. The van der Waals surface area contributed by atoms with Crippen molar-refractivity contribution in [1.29, 1.82) is 0 Å². The number of amides is 2. The van der Waals surface area contributed by atoms with Gasteiger partial charge in [-0.05, 0) is 31.2 Å². The van der Waals surface area contributed by atoms with Gasteiger partial charge in [-0.2, -0.15) is 0 Å². The third kappa shape index (κ3) is 2.72. The SMILES string of the molecule is NC(=O)N[C@@H]1CCN(Cc2nc3sc4c(c3c(=O)[nH]2)CCC4)C1. The second kappa shape index (κ2) is 5.61. The number of H-pyrrole nitrogens is 1. The number of nitrogens with zero attached hydrogens (tertiary/aromatic N) is 2. The zero-order chi connectivity index (χ0) is 16.0. The van der Waals surface area contributed by atoms with Crippen LogP contribution < -0.4 is 16.6 Å². The lowest BCUT2D eigenvalue weighted by Crippen LogP contribution is -2.40. The number of fused-ring (bicyclic) bond motifs is 3. The van der Waals surface area contributed by atoms with E-state index in [9.17, 15) is 9.59 Å². The number of carbonyl (C=O) groups excluding carboxylic acids is 1. The van der Waals surface area contributed by atoms with Crippen LogP contribution >= 0.6 is 11.3 Å². The molecule has 0 bridgehead atoms. The molecule has 1 atom stereocenters. The average Bonchev–Trinajstić information content (AvgIpc) is 3.13. The number of aromatic amines is 1. The molecule has 4 rings (SSSR count). The highest BCUT2D eigenvalue weighted by Gasteiger charge is 2.25. The predicted molar refractivity (Wildman–Crippen MR) is 88.7 cm³/mol. The van der Waals surface area contributed by atoms with E-state index in [4.69, 9.17) is 5.73 Å². The Kier molecular flexibility index (Phi) is 3.57. The molecule has 4 N–H and O–H groups in total. The maximum atomic E-state index is 12.4. The maximum Gasteiger partial charge on any atom is 0.312 e. The quantitative estimate of drug-likeness (QED) is 0.769. The molecule has 2 amide bonds. The van der Waals surface area contributed by atoms with Crippen LogP contribution in [0.5, 0.6) is 0 Å². The number of aromatic nitrogens is 2. The number of likely N-dealkylation sites (tertiary alicyclic amines) is 1. The van der Waals surface area contributed by atoms with Crippen LogP contribution in [0, 0.1) is 0 Å². The van der Waals surface area contributed by atoms with E-state index in [0.717, 1.165) is 49.0 Å². The number of nitrogens with one attached hydrogen (secondary N) is 2. The second-order valence-corrected chi connectivity index (χ2v) is 7.36. The highest BCUT2D eigenvalue weighted by atomic mass is 32.1. The van der Waals surface area contributed by atoms with Crippen molar-refractivity contribution >= 4 is 27.6 Å². The van der Waals surface area contributed by atoms with Crippen molar-refractivity contribution in [2.24, 2.45) is 5.73 Å². The fraction of sp³-hybridized carbons (Fsp3) is 0.533.